The second-order valence-corrected chi connectivity index (χ2v) is 4.23. The Morgan fingerprint density at radius 2 is 1.74 bits per heavy atom. The molecule has 0 amide bonds. The number of carbonyl (C=O) groups is 2. The first kappa shape index (κ1) is 15.3. The zero-order chi connectivity index (χ0) is 14.6. The Balaban J connectivity index is 2.97. The summed E-state index contributed by atoms with van der Waals surface area (Å²) in [5.41, 5.74) is -0.316. The summed E-state index contributed by atoms with van der Waals surface area (Å²) in [4.78, 5) is 23.5. The summed E-state index contributed by atoms with van der Waals surface area (Å²) in [5.74, 6) is -4.93. The van der Waals surface area contributed by atoms with Crippen molar-refractivity contribution < 1.29 is 23.1 Å². The highest BCUT2D eigenvalue weighted by atomic mass is 19.1. The lowest BCUT2D eigenvalue weighted by Crippen LogP contribution is -2.27. The molecule has 0 N–H and O–H groups in total. The lowest BCUT2D eigenvalue weighted by atomic mass is 9.89. The van der Waals surface area contributed by atoms with Gasteiger partial charge in [0.05, 0.1) is 6.61 Å². The van der Waals surface area contributed by atoms with E-state index in [2.05, 4.69) is 0 Å². The molecule has 0 fully saturated rings. The van der Waals surface area contributed by atoms with Crippen LogP contribution in [-0.2, 0) is 14.3 Å². The SMILES string of the molecule is CCOC(=O)C(C)C(=O)C(C)c1c(F)cccc1F. The standard InChI is InChI=1S/C14H16F2O3/c1-4-19-14(18)9(3)13(17)8(2)12-10(15)6-5-7-11(12)16/h5-9H,4H2,1-3H3. The molecule has 1 rings (SSSR count). The van der Waals surface area contributed by atoms with E-state index in [0.29, 0.717) is 0 Å². The molecule has 104 valence electrons. The van der Waals surface area contributed by atoms with Crippen LogP contribution in [0.1, 0.15) is 32.3 Å². The van der Waals surface area contributed by atoms with Gasteiger partial charge in [0, 0.05) is 11.5 Å². The minimum Gasteiger partial charge on any atom is -0.465 e. The van der Waals surface area contributed by atoms with E-state index in [1.54, 1.807) is 6.92 Å². The number of Topliss-reactive ketones (excluding diaryl/α,β-unsaturated/α-hetero) is 1. The van der Waals surface area contributed by atoms with E-state index < -0.39 is 35.2 Å². The van der Waals surface area contributed by atoms with Crippen LogP contribution in [0.25, 0.3) is 0 Å². The summed E-state index contributed by atoms with van der Waals surface area (Å²) < 4.78 is 31.9. The largest absolute Gasteiger partial charge is 0.465 e. The van der Waals surface area contributed by atoms with Gasteiger partial charge in [-0.25, -0.2) is 8.78 Å². The number of hydrogen-bond donors (Lipinski definition) is 0. The molecule has 2 atom stereocenters. The molecule has 0 saturated carbocycles. The highest BCUT2D eigenvalue weighted by molar-refractivity contribution is 6.01. The highest BCUT2D eigenvalue weighted by Gasteiger charge is 2.30. The van der Waals surface area contributed by atoms with Crippen molar-refractivity contribution in [1.82, 2.24) is 0 Å². The Kier molecular flexibility index (Phi) is 5.15. The topological polar surface area (TPSA) is 43.4 Å². The van der Waals surface area contributed by atoms with E-state index in [0.717, 1.165) is 12.1 Å². The van der Waals surface area contributed by atoms with Gasteiger partial charge in [-0.15, -0.1) is 0 Å². The van der Waals surface area contributed by atoms with Gasteiger partial charge in [0.1, 0.15) is 17.6 Å². The van der Waals surface area contributed by atoms with Crippen molar-refractivity contribution in [2.24, 2.45) is 5.92 Å². The van der Waals surface area contributed by atoms with Gasteiger partial charge >= 0.3 is 5.97 Å². The van der Waals surface area contributed by atoms with Crippen molar-refractivity contribution in [3.8, 4) is 0 Å². The zero-order valence-electron chi connectivity index (χ0n) is 11.1. The Hall–Kier alpha value is -1.78. The van der Waals surface area contributed by atoms with Crippen molar-refractivity contribution in [2.45, 2.75) is 26.7 Å². The second-order valence-electron chi connectivity index (χ2n) is 4.23. The van der Waals surface area contributed by atoms with Crippen molar-refractivity contribution in [2.75, 3.05) is 6.61 Å². The third-order valence-corrected chi connectivity index (χ3v) is 2.93. The molecule has 1 aromatic carbocycles. The summed E-state index contributed by atoms with van der Waals surface area (Å²) in [7, 11) is 0. The summed E-state index contributed by atoms with van der Waals surface area (Å²) in [5, 5.41) is 0. The van der Waals surface area contributed by atoms with Crippen LogP contribution in [0.4, 0.5) is 8.78 Å². The molecule has 3 nitrogen and oxygen atoms in total. The van der Waals surface area contributed by atoms with Gasteiger partial charge in [-0.05, 0) is 26.0 Å². The van der Waals surface area contributed by atoms with Gasteiger partial charge in [0.15, 0.2) is 5.78 Å². The normalized spacial score (nSPS) is 13.7. The molecule has 2 unspecified atom stereocenters. The average Bonchev–Trinajstić information content (AvgIpc) is 2.36. The van der Waals surface area contributed by atoms with E-state index in [4.69, 9.17) is 4.74 Å². The summed E-state index contributed by atoms with van der Waals surface area (Å²) in [6.07, 6.45) is 0. The van der Waals surface area contributed by atoms with Crippen LogP contribution in [0.3, 0.4) is 0 Å². The third kappa shape index (κ3) is 3.36. The number of ketones is 1. The summed E-state index contributed by atoms with van der Waals surface area (Å²) in [6, 6.07) is 3.38. The fraction of sp³-hybridized carbons (Fsp3) is 0.429. The first-order valence-corrected chi connectivity index (χ1v) is 6.04. The number of ether oxygens (including phenoxy) is 1. The first-order valence-electron chi connectivity index (χ1n) is 6.04. The number of halogens is 2. The van der Waals surface area contributed by atoms with Crippen LogP contribution in [0.5, 0.6) is 0 Å². The maximum Gasteiger partial charge on any atom is 0.316 e. The van der Waals surface area contributed by atoms with Crippen LogP contribution in [0, 0.1) is 17.6 Å². The van der Waals surface area contributed by atoms with Crippen LogP contribution in [0.2, 0.25) is 0 Å². The monoisotopic (exact) mass is 270 g/mol. The number of esters is 1. The molecular weight excluding hydrogens is 254 g/mol. The molecule has 0 aromatic heterocycles. The predicted molar refractivity (Wildman–Crippen MR) is 65.6 cm³/mol. The van der Waals surface area contributed by atoms with Crippen molar-refractivity contribution >= 4 is 11.8 Å². The average molecular weight is 270 g/mol. The molecule has 5 heteroatoms. The quantitative estimate of drug-likeness (QED) is 0.610. The molecule has 0 bridgehead atoms. The zero-order valence-corrected chi connectivity index (χ0v) is 11.1. The maximum absolute atomic E-state index is 13.6. The number of hydrogen-bond acceptors (Lipinski definition) is 3. The van der Waals surface area contributed by atoms with Gasteiger partial charge in [-0.3, -0.25) is 9.59 Å². The Morgan fingerprint density at radius 3 is 2.21 bits per heavy atom. The Bertz CT molecular complexity index is 465. The molecule has 0 aliphatic carbocycles. The number of rotatable bonds is 5. The molecule has 0 aliphatic heterocycles. The van der Waals surface area contributed by atoms with Crippen molar-refractivity contribution in [3.63, 3.8) is 0 Å². The van der Waals surface area contributed by atoms with Gasteiger partial charge < -0.3 is 4.74 Å². The van der Waals surface area contributed by atoms with Crippen molar-refractivity contribution in [1.29, 1.82) is 0 Å². The van der Waals surface area contributed by atoms with E-state index in [1.807, 2.05) is 0 Å². The molecule has 0 spiro atoms. The molecule has 19 heavy (non-hydrogen) atoms. The number of benzene rings is 1. The van der Waals surface area contributed by atoms with E-state index in [-0.39, 0.29) is 12.2 Å². The third-order valence-electron chi connectivity index (χ3n) is 2.93. The Morgan fingerprint density at radius 1 is 1.21 bits per heavy atom. The minimum atomic E-state index is -1.05. The van der Waals surface area contributed by atoms with Gasteiger partial charge in [0.2, 0.25) is 0 Å². The first-order chi connectivity index (χ1) is 8.90. The predicted octanol–water partition coefficient (Wildman–Crippen LogP) is 2.84. The molecule has 0 heterocycles. The fourth-order valence-corrected chi connectivity index (χ4v) is 1.83. The fourth-order valence-electron chi connectivity index (χ4n) is 1.83. The minimum absolute atomic E-state index is 0.152. The van der Waals surface area contributed by atoms with Crippen LogP contribution < -0.4 is 0 Å². The van der Waals surface area contributed by atoms with E-state index >= 15 is 0 Å². The maximum atomic E-state index is 13.6. The van der Waals surface area contributed by atoms with E-state index in [9.17, 15) is 18.4 Å². The van der Waals surface area contributed by atoms with Crippen LogP contribution in [0.15, 0.2) is 18.2 Å². The molecule has 0 radical (unpaired) electrons. The summed E-state index contributed by atoms with van der Waals surface area (Å²) in [6.45, 7) is 4.52. The van der Waals surface area contributed by atoms with Crippen LogP contribution in [-0.4, -0.2) is 18.4 Å². The smallest absolute Gasteiger partial charge is 0.316 e. The van der Waals surface area contributed by atoms with Crippen LogP contribution >= 0.6 is 0 Å². The molecular formula is C14H16F2O3. The van der Waals surface area contributed by atoms with E-state index in [1.165, 1.54) is 19.9 Å². The molecule has 1 aromatic rings. The molecule has 0 saturated heterocycles. The van der Waals surface area contributed by atoms with Gasteiger partial charge in [-0.2, -0.15) is 0 Å². The second kappa shape index (κ2) is 6.41. The highest BCUT2D eigenvalue weighted by Crippen LogP contribution is 2.25. The number of carbonyl (C=O) groups excluding carboxylic acids is 2. The lowest BCUT2D eigenvalue weighted by molar-refractivity contribution is -0.151. The van der Waals surface area contributed by atoms with Gasteiger partial charge in [0.25, 0.3) is 0 Å². The Labute approximate surface area is 110 Å². The van der Waals surface area contributed by atoms with Crippen molar-refractivity contribution in [3.05, 3.63) is 35.4 Å². The van der Waals surface area contributed by atoms with Gasteiger partial charge in [-0.1, -0.05) is 13.0 Å². The molecule has 0 aliphatic rings. The summed E-state index contributed by atoms with van der Waals surface area (Å²) >= 11 is 0. The lowest BCUT2D eigenvalue weighted by Gasteiger charge is -2.16.